The van der Waals surface area contributed by atoms with Crippen LogP contribution in [0.25, 0.3) is 21.3 Å². The second-order valence-electron chi connectivity index (χ2n) is 8.23. The molecule has 1 saturated heterocycles. The molecule has 3 N–H and O–H groups in total. The van der Waals surface area contributed by atoms with Crippen molar-refractivity contribution >= 4 is 49.1 Å². The van der Waals surface area contributed by atoms with Crippen LogP contribution in [0.3, 0.4) is 0 Å². The molecule has 0 radical (unpaired) electrons. The molecule has 1 amide bonds. The Morgan fingerprint density at radius 2 is 2.06 bits per heavy atom. The molecule has 8 nitrogen and oxygen atoms in total. The molecule has 0 spiro atoms. The van der Waals surface area contributed by atoms with E-state index < -0.39 is 16.1 Å². The largest absolute Gasteiger partial charge is 0.479 e. The first kappa shape index (κ1) is 22.5. The second kappa shape index (κ2) is 8.84. The molecule has 0 aliphatic carbocycles. The number of pyridine rings is 1. The van der Waals surface area contributed by atoms with Crippen molar-refractivity contribution in [1.29, 1.82) is 0 Å². The molecule has 11 heteroatoms. The van der Waals surface area contributed by atoms with E-state index in [9.17, 15) is 13.2 Å². The molecule has 0 unspecified atom stereocenters. The summed E-state index contributed by atoms with van der Waals surface area (Å²) in [7, 11) is -3.55. The minimum absolute atomic E-state index is 0.00366. The number of sulfonamides is 1. The summed E-state index contributed by atoms with van der Waals surface area (Å²) in [5.41, 5.74) is 3.37. The zero-order chi connectivity index (χ0) is 23.2. The summed E-state index contributed by atoms with van der Waals surface area (Å²) in [6, 6.07) is 7.48. The number of benzene rings is 1. The van der Waals surface area contributed by atoms with Gasteiger partial charge in [0, 0.05) is 65.4 Å². The van der Waals surface area contributed by atoms with Crippen LogP contribution in [0.15, 0.2) is 30.5 Å². The third kappa shape index (κ3) is 4.71. The van der Waals surface area contributed by atoms with Gasteiger partial charge in [0.25, 0.3) is 5.91 Å². The van der Waals surface area contributed by atoms with Gasteiger partial charge in [-0.05, 0) is 30.7 Å². The standard InChI is InChI=1S/C22H23ClN4O4S2/c23-14-9-13-10-19(22(28)27-6-4-25-5-7-27)31-20(13)17(11-14)16-1-3-26-18-12-15(32-21(16)18)2-8-33(24,29)30/h1,3,9,11-12,19,25H,2,4-8,10H2,(H2,24,29,30)/t19-/m1/s1. The van der Waals surface area contributed by atoms with Gasteiger partial charge in [-0.2, -0.15) is 0 Å². The number of aryl methyl sites for hydroxylation is 1. The number of rotatable bonds is 5. The molecule has 1 atom stereocenters. The number of fused-ring (bicyclic) bond motifs is 2. The Labute approximate surface area is 200 Å². The predicted octanol–water partition coefficient (Wildman–Crippen LogP) is 2.18. The maximum Gasteiger partial charge on any atom is 0.264 e. The lowest BCUT2D eigenvalue weighted by Gasteiger charge is -2.29. The number of nitrogens with two attached hydrogens (primary N) is 1. The molecule has 5 rings (SSSR count). The van der Waals surface area contributed by atoms with E-state index in [4.69, 9.17) is 21.5 Å². The van der Waals surface area contributed by atoms with Crippen molar-refractivity contribution in [2.24, 2.45) is 5.14 Å². The van der Waals surface area contributed by atoms with E-state index in [1.165, 1.54) is 11.3 Å². The van der Waals surface area contributed by atoms with Crippen LogP contribution < -0.4 is 15.2 Å². The molecule has 1 aromatic carbocycles. The smallest absolute Gasteiger partial charge is 0.264 e. The molecule has 2 aromatic heterocycles. The molecular formula is C22H23ClN4O4S2. The number of thiophene rings is 1. The highest BCUT2D eigenvalue weighted by Crippen LogP contribution is 2.44. The maximum atomic E-state index is 13.0. The van der Waals surface area contributed by atoms with Crippen LogP contribution in [0.1, 0.15) is 10.4 Å². The monoisotopic (exact) mass is 506 g/mol. The summed E-state index contributed by atoms with van der Waals surface area (Å²) >= 11 is 7.94. The van der Waals surface area contributed by atoms with Crippen molar-refractivity contribution in [2.75, 3.05) is 31.9 Å². The number of nitrogens with one attached hydrogen (secondary N) is 1. The molecule has 1 fully saturated rings. The highest BCUT2D eigenvalue weighted by molar-refractivity contribution is 7.89. The van der Waals surface area contributed by atoms with Gasteiger partial charge in [-0.3, -0.25) is 9.78 Å². The lowest BCUT2D eigenvalue weighted by molar-refractivity contribution is -0.138. The Kier molecular flexibility index (Phi) is 6.04. The van der Waals surface area contributed by atoms with Crippen molar-refractivity contribution in [3.63, 3.8) is 0 Å². The van der Waals surface area contributed by atoms with Crippen LogP contribution >= 0.6 is 22.9 Å². The van der Waals surface area contributed by atoms with Gasteiger partial charge < -0.3 is 15.0 Å². The zero-order valence-corrected chi connectivity index (χ0v) is 20.1. The van der Waals surface area contributed by atoms with E-state index in [0.717, 1.165) is 44.9 Å². The SMILES string of the molecule is NS(=O)(=O)CCc1cc2nccc(-c3cc(Cl)cc4c3O[C@@H](C(=O)N3CCNCC3)C4)c2s1. The summed E-state index contributed by atoms with van der Waals surface area (Å²) in [5.74, 6) is 0.539. The minimum atomic E-state index is -3.55. The molecule has 3 aromatic rings. The first-order valence-electron chi connectivity index (χ1n) is 10.7. The first-order chi connectivity index (χ1) is 15.8. The first-order valence-corrected chi connectivity index (χ1v) is 13.6. The van der Waals surface area contributed by atoms with Crippen LogP contribution in [-0.2, 0) is 27.7 Å². The Bertz CT molecular complexity index is 1340. The number of carbonyl (C=O) groups excluding carboxylic acids is 1. The fraction of sp³-hybridized carbons (Fsp3) is 0.364. The van der Waals surface area contributed by atoms with E-state index in [0.29, 0.717) is 36.7 Å². The molecule has 33 heavy (non-hydrogen) atoms. The zero-order valence-electron chi connectivity index (χ0n) is 17.7. The van der Waals surface area contributed by atoms with Crippen molar-refractivity contribution in [2.45, 2.75) is 18.9 Å². The molecule has 0 saturated carbocycles. The Balaban J connectivity index is 1.49. The van der Waals surface area contributed by atoms with E-state index in [2.05, 4.69) is 10.3 Å². The van der Waals surface area contributed by atoms with Crippen molar-refractivity contribution in [3.05, 3.63) is 45.9 Å². The summed E-state index contributed by atoms with van der Waals surface area (Å²) in [5, 5.41) is 8.99. The summed E-state index contributed by atoms with van der Waals surface area (Å²) < 4.78 is 29.9. The molecule has 0 bridgehead atoms. The van der Waals surface area contributed by atoms with Crippen LogP contribution in [0.4, 0.5) is 0 Å². The number of amides is 1. The Morgan fingerprint density at radius 1 is 1.27 bits per heavy atom. The number of piperazine rings is 1. The molecule has 174 valence electrons. The Morgan fingerprint density at radius 3 is 2.82 bits per heavy atom. The van der Waals surface area contributed by atoms with Gasteiger partial charge >= 0.3 is 0 Å². The average molecular weight is 507 g/mol. The number of ether oxygens (including phenoxy) is 1. The lowest BCUT2D eigenvalue weighted by Crippen LogP contribution is -2.50. The van der Waals surface area contributed by atoms with Gasteiger partial charge in [-0.1, -0.05) is 11.6 Å². The van der Waals surface area contributed by atoms with Gasteiger partial charge in [0.2, 0.25) is 10.0 Å². The van der Waals surface area contributed by atoms with Crippen molar-refractivity contribution in [3.8, 4) is 16.9 Å². The van der Waals surface area contributed by atoms with Crippen molar-refractivity contribution in [1.82, 2.24) is 15.2 Å². The highest BCUT2D eigenvalue weighted by Gasteiger charge is 2.35. The molecule has 2 aliphatic rings. The number of aromatic nitrogens is 1. The third-order valence-electron chi connectivity index (χ3n) is 5.89. The number of halogens is 1. The maximum absolute atomic E-state index is 13.0. The number of carbonyl (C=O) groups is 1. The van der Waals surface area contributed by atoms with Gasteiger partial charge in [0.1, 0.15) is 5.75 Å². The Hall–Kier alpha value is -2.24. The quantitative estimate of drug-likeness (QED) is 0.548. The number of hydrogen-bond acceptors (Lipinski definition) is 7. The molecular weight excluding hydrogens is 484 g/mol. The van der Waals surface area contributed by atoms with Gasteiger partial charge in [0.05, 0.1) is 16.0 Å². The van der Waals surface area contributed by atoms with Gasteiger partial charge in [-0.25, -0.2) is 13.6 Å². The van der Waals surface area contributed by atoms with Crippen LogP contribution in [0.5, 0.6) is 5.75 Å². The summed E-state index contributed by atoms with van der Waals surface area (Å²) in [6.07, 6.45) is 1.94. The topological polar surface area (TPSA) is 115 Å². The van der Waals surface area contributed by atoms with Gasteiger partial charge in [0.15, 0.2) is 6.10 Å². The third-order valence-corrected chi connectivity index (χ3v) is 8.09. The normalized spacial score (nSPS) is 18.4. The number of hydrogen-bond donors (Lipinski definition) is 2. The highest BCUT2D eigenvalue weighted by atomic mass is 35.5. The number of nitrogens with zero attached hydrogens (tertiary/aromatic N) is 2. The van der Waals surface area contributed by atoms with Crippen LogP contribution in [-0.4, -0.2) is 62.2 Å². The fourth-order valence-corrected chi connectivity index (χ4v) is 6.33. The van der Waals surface area contributed by atoms with E-state index in [-0.39, 0.29) is 11.7 Å². The van der Waals surface area contributed by atoms with Gasteiger partial charge in [-0.15, -0.1) is 11.3 Å². The molecule has 4 heterocycles. The van der Waals surface area contributed by atoms with E-state index in [1.54, 1.807) is 6.20 Å². The van der Waals surface area contributed by atoms with E-state index in [1.807, 2.05) is 29.2 Å². The lowest BCUT2D eigenvalue weighted by atomic mass is 10.0. The minimum Gasteiger partial charge on any atom is -0.479 e. The fourth-order valence-electron chi connectivity index (χ4n) is 4.32. The van der Waals surface area contributed by atoms with Crippen molar-refractivity contribution < 1.29 is 17.9 Å². The predicted molar refractivity (Wildman–Crippen MR) is 129 cm³/mol. The van der Waals surface area contributed by atoms with E-state index >= 15 is 0 Å². The number of primary sulfonamides is 1. The van der Waals surface area contributed by atoms with Crippen LogP contribution in [0.2, 0.25) is 5.02 Å². The summed E-state index contributed by atoms with van der Waals surface area (Å²) in [6.45, 7) is 2.90. The molecule has 2 aliphatic heterocycles. The average Bonchev–Trinajstić information content (AvgIpc) is 3.40. The van der Waals surface area contributed by atoms with Crippen LogP contribution in [0, 0.1) is 0 Å². The summed E-state index contributed by atoms with van der Waals surface area (Å²) in [4.78, 5) is 20.2. The second-order valence-corrected chi connectivity index (χ2v) is 11.5.